The molecular weight excluding hydrogens is 170 g/mol. The smallest absolute Gasteiger partial charge is 0.186 e. The molecule has 1 aromatic carbocycles. The zero-order valence-corrected chi connectivity index (χ0v) is 6.68. The van der Waals surface area contributed by atoms with Gasteiger partial charge < -0.3 is 14.4 Å². The summed E-state index contributed by atoms with van der Waals surface area (Å²) in [7, 11) is 0. The molecule has 66 valence electrons. The van der Waals surface area contributed by atoms with Gasteiger partial charge in [-0.2, -0.15) is 0 Å². The molecule has 1 aromatic heterocycles. The van der Waals surface area contributed by atoms with Gasteiger partial charge in [0.25, 0.3) is 0 Å². The Hall–Kier alpha value is -1.97. The summed E-state index contributed by atoms with van der Waals surface area (Å²) in [5, 5.41) is 12.8. The number of rotatable bonds is 2. The minimum Gasteiger partial charge on any atom is -0.504 e. The van der Waals surface area contributed by atoms with E-state index in [1.807, 2.05) is 0 Å². The molecule has 0 aliphatic carbocycles. The predicted octanol–water partition coefficient (Wildman–Crippen LogP) is 2.17. The maximum absolute atomic E-state index is 9.33. The Morgan fingerprint density at radius 2 is 2.15 bits per heavy atom. The number of hydrogen-bond donors (Lipinski definition) is 1. The van der Waals surface area contributed by atoms with Crippen molar-refractivity contribution >= 4 is 0 Å². The molecule has 0 aliphatic rings. The molecule has 1 heterocycles. The Bertz CT molecular complexity index is 384. The highest BCUT2D eigenvalue weighted by atomic mass is 16.5. The highest BCUT2D eigenvalue weighted by Gasteiger charge is 2.02. The third kappa shape index (κ3) is 1.61. The molecule has 2 rings (SSSR count). The average molecular weight is 177 g/mol. The number of phenols is 1. The Balaban J connectivity index is 2.24. The summed E-state index contributed by atoms with van der Waals surface area (Å²) in [5.41, 5.74) is 0. The average Bonchev–Trinajstić information content (AvgIpc) is 2.61. The minimum absolute atomic E-state index is 0.0868. The topological polar surface area (TPSA) is 55.5 Å². The summed E-state index contributed by atoms with van der Waals surface area (Å²) in [6, 6.07) is 6.68. The predicted molar refractivity (Wildman–Crippen MR) is 44.7 cm³/mol. The zero-order valence-electron chi connectivity index (χ0n) is 6.68. The SMILES string of the molecule is Oc1ccccc1Oc1cnoc1. The Kier molecular flexibility index (Phi) is 1.88. The maximum atomic E-state index is 9.33. The Morgan fingerprint density at radius 1 is 1.31 bits per heavy atom. The van der Waals surface area contributed by atoms with Gasteiger partial charge in [-0.1, -0.05) is 17.3 Å². The van der Waals surface area contributed by atoms with Crippen molar-refractivity contribution < 1.29 is 14.4 Å². The van der Waals surface area contributed by atoms with Gasteiger partial charge in [-0.15, -0.1) is 0 Å². The van der Waals surface area contributed by atoms with Crippen LogP contribution >= 0.6 is 0 Å². The molecule has 0 atom stereocenters. The molecule has 0 aliphatic heterocycles. The van der Waals surface area contributed by atoms with Crippen molar-refractivity contribution in [1.82, 2.24) is 5.16 Å². The summed E-state index contributed by atoms with van der Waals surface area (Å²) >= 11 is 0. The Morgan fingerprint density at radius 3 is 2.85 bits per heavy atom. The van der Waals surface area contributed by atoms with Crippen LogP contribution in [-0.2, 0) is 0 Å². The second kappa shape index (κ2) is 3.18. The molecule has 1 N–H and O–H groups in total. The maximum Gasteiger partial charge on any atom is 0.186 e. The van der Waals surface area contributed by atoms with Gasteiger partial charge in [-0.25, -0.2) is 0 Å². The molecule has 13 heavy (non-hydrogen) atoms. The summed E-state index contributed by atoms with van der Waals surface area (Å²) < 4.78 is 9.81. The van der Waals surface area contributed by atoms with E-state index < -0.39 is 0 Å². The summed E-state index contributed by atoms with van der Waals surface area (Å²) in [6.07, 6.45) is 2.78. The number of aromatic nitrogens is 1. The molecule has 2 aromatic rings. The molecule has 0 amide bonds. The van der Waals surface area contributed by atoms with Crippen LogP contribution in [0.5, 0.6) is 17.2 Å². The third-order valence-corrected chi connectivity index (χ3v) is 1.50. The highest BCUT2D eigenvalue weighted by Crippen LogP contribution is 2.29. The quantitative estimate of drug-likeness (QED) is 0.763. The summed E-state index contributed by atoms with van der Waals surface area (Å²) in [4.78, 5) is 0. The number of hydrogen-bond acceptors (Lipinski definition) is 4. The number of phenolic OH excluding ortho intramolecular Hbond substituents is 1. The van der Waals surface area contributed by atoms with Gasteiger partial charge in [-0.3, -0.25) is 0 Å². The molecule has 4 nitrogen and oxygen atoms in total. The van der Waals surface area contributed by atoms with E-state index in [2.05, 4.69) is 9.68 Å². The number of ether oxygens (including phenoxy) is 1. The van der Waals surface area contributed by atoms with Crippen LogP contribution in [0.1, 0.15) is 0 Å². The lowest BCUT2D eigenvalue weighted by atomic mass is 10.3. The Labute approximate surface area is 74.4 Å². The fourth-order valence-electron chi connectivity index (χ4n) is 0.916. The highest BCUT2D eigenvalue weighted by molar-refractivity contribution is 5.40. The normalized spacial score (nSPS) is 9.85. The van der Waals surface area contributed by atoms with E-state index in [1.54, 1.807) is 24.3 Å². The van der Waals surface area contributed by atoms with E-state index in [1.165, 1.54) is 12.5 Å². The number of aromatic hydroxyl groups is 1. The first-order valence-electron chi connectivity index (χ1n) is 3.71. The second-order valence-electron chi connectivity index (χ2n) is 2.43. The van der Waals surface area contributed by atoms with Gasteiger partial charge in [0, 0.05) is 0 Å². The first kappa shape index (κ1) is 7.67. The van der Waals surface area contributed by atoms with Crippen molar-refractivity contribution in [3.05, 3.63) is 36.7 Å². The largest absolute Gasteiger partial charge is 0.504 e. The third-order valence-electron chi connectivity index (χ3n) is 1.50. The lowest BCUT2D eigenvalue weighted by Crippen LogP contribution is -1.81. The first-order valence-corrected chi connectivity index (χ1v) is 3.71. The lowest BCUT2D eigenvalue weighted by molar-refractivity contribution is 0.396. The van der Waals surface area contributed by atoms with Crippen molar-refractivity contribution in [2.75, 3.05) is 0 Å². The fourth-order valence-corrected chi connectivity index (χ4v) is 0.916. The summed E-state index contributed by atoms with van der Waals surface area (Å²) in [5.74, 6) is 0.927. The first-order chi connectivity index (χ1) is 6.36. The molecule has 0 unspecified atom stereocenters. The summed E-state index contributed by atoms with van der Waals surface area (Å²) in [6.45, 7) is 0. The van der Waals surface area contributed by atoms with Crippen LogP contribution in [0.15, 0.2) is 41.2 Å². The minimum atomic E-state index is 0.0868. The van der Waals surface area contributed by atoms with Crippen LogP contribution < -0.4 is 4.74 Å². The molecule has 0 bridgehead atoms. The molecule has 0 saturated carbocycles. The molecular formula is C9H7NO3. The van der Waals surface area contributed by atoms with Crippen LogP contribution in [0.4, 0.5) is 0 Å². The van der Waals surface area contributed by atoms with E-state index in [0.717, 1.165) is 0 Å². The van der Waals surface area contributed by atoms with Crippen LogP contribution in [0.25, 0.3) is 0 Å². The van der Waals surface area contributed by atoms with Crippen molar-refractivity contribution in [2.24, 2.45) is 0 Å². The molecule has 0 fully saturated rings. The van der Waals surface area contributed by atoms with Crippen LogP contribution in [0.3, 0.4) is 0 Å². The van der Waals surface area contributed by atoms with Crippen molar-refractivity contribution in [2.45, 2.75) is 0 Å². The standard InChI is InChI=1S/C9H7NO3/c11-8-3-1-2-4-9(8)13-7-5-10-12-6-7/h1-6,11H. The molecule has 0 spiro atoms. The van der Waals surface area contributed by atoms with Gasteiger partial charge in [0.05, 0.1) is 0 Å². The van der Waals surface area contributed by atoms with Crippen LogP contribution in [0, 0.1) is 0 Å². The number of benzene rings is 1. The second-order valence-corrected chi connectivity index (χ2v) is 2.43. The van der Waals surface area contributed by atoms with Crippen molar-refractivity contribution in [1.29, 1.82) is 0 Å². The monoisotopic (exact) mass is 177 g/mol. The number of nitrogens with zero attached hydrogens (tertiary/aromatic N) is 1. The van der Waals surface area contributed by atoms with E-state index in [-0.39, 0.29) is 5.75 Å². The van der Waals surface area contributed by atoms with Crippen molar-refractivity contribution in [3.63, 3.8) is 0 Å². The number of para-hydroxylation sites is 2. The van der Waals surface area contributed by atoms with Crippen LogP contribution in [-0.4, -0.2) is 10.3 Å². The van der Waals surface area contributed by atoms with Crippen LogP contribution in [0.2, 0.25) is 0 Å². The van der Waals surface area contributed by atoms with E-state index >= 15 is 0 Å². The van der Waals surface area contributed by atoms with Gasteiger partial charge in [-0.05, 0) is 12.1 Å². The van der Waals surface area contributed by atoms with Gasteiger partial charge in [0.2, 0.25) is 0 Å². The van der Waals surface area contributed by atoms with Gasteiger partial charge in [0.1, 0.15) is 6.20 Å². The molecule has 0 saturated heterocycles. The molecule has 0 radical (unpaired) electrons. The van der Waals surface area contributed by atoms with E-state index in [9.17, 15) is 5.11 Å². The fraction of sp³-hybridized carbons (Fsp3) is 0. The zero-order chi connectivity index (χ0) is 9.10. The van der Waals surface area contributed by atoms with E-state index in [4.69, 9.17) is 4.74 Å². The van der Waals surface area contributed by atoms with Gasteiger partial charge >= 0.3 is 0 Å². The lowest BCUT2D eigenvalue weighted by Gasteiger charge is -2.02. The van der Waals surface area contributed by atoms with Gasteiger partial charge in [0.15, 0.2) is 23.5 Å². The van der Waals surface area contributed by atoms with Crippen molar-refractivity contribution in [3.8, 4) is 17.2 Å². The molecule has 4 heteroatoms. The van der Waals surface area contributed by atoms with E-state index in [0.29, 0.717) is 11.5 Å².